The number of anilines is 1. The number of urea groups is 1. The summed E-state index contributed by atoms with van der Waals surface area (Å²) in [4.78, 5) is 14.6. The highest BCUT2D eigenvalue weighted by molar-refractivity contribution is 5.91. The van der Waals surface area contributed by atoms with Crippen molar-refractivity contribution in [3.05, 3.63) is 18.2 Å². The van der Waals surface area contributed by atoms with Crippen LogP contribution in [0.4, 0.5) is 10.5 Å². The molecule has 0 aliphatic heterocycles. The maximum Gasteiger partial charge on any atom is 0.322 e. The predicted molar refractivity (Wildman–Crippen MR) is 92.4 cm³/mol. The number of hydrogen-bond acceptors (Lipinski definition) is 4. The molecule has 0 bridgehead atoms. The summed E-state index contributed by atoms with van der Waals surface area (Å²) < 4.78 is 10.5. The second kappa shape index (κ2) is 9.02. The molecule has 1 aliphatic carbocycles. The third-order valence-electron chi connectivity index (χ3n) is 4.39. The topological polar surface area (TPSA) is 74.6 Å². The van der Waals surface area contributed by atoms with Gasteiger partial charge in [-0.3, -0.25) is 0 Å². The zero-order chi connectivity index (χ0) is 17.4. The van der Waals surface area contributed by atoms with Crippen molar-refractivity contribution in [1.82, 2.24) is 4.90 Å². The van der Waals surface area contributed by atoms with E-state index in [4.69, 9.17) is 14.7 Å². The van der Waals surface area contributed by atoms with E-state index >= 15 is 0 Å². The summed E-state index contributed by atoms with van der Waals surface area (Å²) in [5.41, 5.74) is 0.569. The smallest absolute Gasteiger partial charge is 0.322 e. The first-order chi connectivity index (χ1) is 11.7. The first-order valence-corrected chi connectivity index (χ1v) is 8.36. The van der Waals surface area contributed by atoms with E-state index < -0.39 is 0 Å². The standard InChI is InChI=1S/C18H25N3O3/c1-23-15-9-10-17(24-2)16(13-15)20-18(22)21(12-6-11-19)14-7-4-3-5-8-14/h9-10,13-14H,3-8,12H2,1-2H3,(H,20,22). The molecule has 1 fully saturated rings. The number of nitriles is 1. The monoisotopic (exact) mass is 331 g/mol. The van der Waals surface area contributed by atoms with Gasteiger partial charge in [0, 0.05) is 18.7 Å². The van der Waals surface area contributed by atoms with E-state index in [2.05, 4.69) is 11.4 Å². The largest absolute Gasteiger partial charge is 0.497 e. The third-order valence-corrected chi connectivity index (χ3v) is 4.39. The fourth-order valence-corrected chi connectivity index (χ4v) is 3.11. The van der Waals surface area contributed by atoms with Crippen LogP contribution in [0.25, 0.3) is 0 Å². The summed E-state index contributed by atoms with van der Waals surface area (Å²) in [7, 11) is 3.14. The van der Waals surface area contributed by atoms with Crippen molar-refractivity contribution in [2.75, 3.05) is 26.1 Å². The Morgan fingerprint density at radius 3 is 2.67 bits per heavy atom. The highest BCUT2D eigenvalue weighted by Gasteiger charge is 2.25. The van der Waals surface area contributed by atoms with Gasteiger partial charge in [0.05, 0.1) is 32.4 Å². The van der Waals surface area contributed by atoms with Crippen LogP contribution in [0.3, 0.4) is 0 Å². The van der Waals surface area contributed by atoms with Gasteiger partial charge < -0.3 is 19.7 Å². The molecular formula is C18H25N3O3. The molecule has 24 heavy (non-hydrogen) atoms. The second-order valence-electron chi connectivity index (χ2n) is 5.89. The van der Waals surface area contributed by atoms with Gasteiger partial charge in [0.2, 0.25) is 0 Å². The van der Waals surface area contributed by atoms with Crippen molar-refractivity contribution in [3.63, 3.8) is 0 Å². The van der Waals surface area contributed by atoms with Crippen LogP contribution in [0.1, 0.15) is 38.5 Å². The Kier molecular flexibility index (Phi) is 6.74. The van der Waals surface area contributed by atoms with Crippen LogP contribution in [0.15, 0.2) is 18.2 Å². The lowest BCUT2D eigenvalue weighted by Gasteiger charge is -2.34. The van der Waals surface area contributed by atoms with Crippen LogP contribution in [-0.2, 0) is 0 Å². The molecule has 0 radical (unpaired) electrons. The van der Waals surface area contributed by atoms with Crippen LogP contribution in [-0.4, -0.2) is 37.7 Å². The quantitative estimate of drug-likeness (QED) is 0.860. The summed E-state index contributed by atoms with van der Waals surface area (Å²) in [6.45, 7) is 0.444. The molecule has 0 unspecified atom stereocenters. The molecular weight excluding hydrogens is 306 g/mol. The summed E-state index contributed by atoms with van der Waals surface area (Å²) >= 11 is 0. The number of benzene rings is 1. The fourth-order valence-electron chi connectivity index (χ4n) is 3.11. The summed E-state index contributed by atoms with van der Waals surface area (Å²) in [6.07, 6.45) is 5.79. The minimum atomic E-state index is -0.191. The second-order valence-corrected chi connectivity index (χ2v) is 5.89. The van der Waals surface area contributed by atoms with E-state index in [1.807, 2.05) is 0 Å². The number of nitrogens with zero attached hydrogens (tertiary/aromatic N) is 2. The lowest BCUT2D eigenvalue weighted by atomic mass is 9.94. The van der Waals surface area contributed by atoms with Gasteiger partial charge in [-0.25, -0.2) is 4.79 Å². The van der Waals surface area contributed by atoms with Gasteiger partial charge in [-0.15, -0.1) is 0 Å². The number of methoxy groups -OCH3 is 2. The molecule has 1 saturated carbocycles. The first kappa shape index (κ1) is 17.9. The van der Waals surface area contributed by atoms with Gasteiger partial charge in [-0.05, 0) is 25.0 Å². The predicted octanol–water partition coefficient (Wildman–Crippen LogP) is 3.78. The van der Waals surface area contributed by atoms with E-state index in [0.29, 0.717) is 30.2 Å². The Labute approximate surface area is 143 Å². The van der Waals surface area contributed by atoms with Crippen molar-refractivity contribution >= 4 is 11.7 Å². The van der Waals surface area contributed by atoms with Crippen molar-refractivity contribution in [3.8, 4) is 17.6 Å². The maximum absolute atomic E-state index is 12.8. The van der Waals surface area contributed by atoms with Gasteiger partial charge in [0.1, 0.15) is 11.5 Å². The van der Waals surface area contributed by atoms with Gasteiger partial charge in [0.25, 0.3) is 0 Å². The maximum atomic E-state index is 12.8. The average Bonchev–Trinajstić information content (AvgIpc) is 2.62. The minimum absolute atomic E-state index is 0.191. The Hall–Kier alpha value is -2.42. The first-order valence-electron chi connectivity index (χ1n) is 8.36. The molecule has 0 atom stereocenters. The van der Waals surface area contributed by atoms with Gasteiger partial charge in [-0.1, -0.05) is 19.3 Å². The average molecular weight is 331 g/mol. The Morgan fingerprint density at radius 1 is 1.29 bits per heavy atom. The van der Waals surface area contributed by atoms with Crippen LogP contribution in [0.5, 0.6) is 11.5 Å². The Balaban J connectivity index is 2.15. The molecule has 6 heteroatoms. The molecule has 0 heterocycles. The van der Waals surface area contributed by atoms with E-state index in [1.54, 1.807) is 37.3 Å². The SMILES string of the molecule is COc1ccc(OC)c(NC(=O)N(CCC#N)C2CCCCC2)c1. The van der Waals surface area contributed by atoms with Gasteiger partial charge in [-0.2, -0.15) is 5.26 Å². The van der Waals surface area contributed by atoms with Gasteiger partial charge >= 0.3 is 6.03 Å². The zero-order valence-corrected chi connectivity index (χ0v) is 14.4. The minimum Gasteiger partial charge on any atom is -0.497 e. The molecule has 2 rings (SSSR count). The number of carbonyl (C=O) groups is 1. The number of amides is 2. The Morgan fingerprint density at radius 2 is 2.04 bits per heavy atom. The number of rotatable bonds is 6. The van der Waals surface area contributed by atoms with Crippen molar-refractivity contribution in [1.29, 1.82) is 5.26 Å². The van der Waals surface area contributed by atoms with E-state index in [-0.39, 0.29) is 12.1 Å². The third kappa shape index (κ3) is 4.54. The number of nitrogens with one attached hydrogen (secondary N) is 1. The Bertz CT molecular complexity index is 592. The molecule has 130 valence electrons. The lowest BCUT2D eigenvalue weighted by Crippen LogP contribution is -2.44. The molecule has 0 spiro atoms. The van der Waals surface area contributed by atoms with Crippen LogP contribution in [0, 0.1) is 11.3 Å². The summed E-state index contributed by atoms with van der Waals surface area (Å²) in [6, 6.07) is 7.41. The number of ether oxygens (including phenoxy) is 2. The molecule has 1 aromatic carbocycles. The zero-order valence-electron chi connectivity index (χ0n) is 14.4. The highest BCUT2D eigenvalue weighted by atomic mass is 16.5. The number of hydrogen-bond donors (Lipinski definition) is 1. The molecule has 0 aromatic heterocycles. The lowest BCUT2D eigenvalue weighted by molar-refractivity contribution is 0.169. The fraction of sp³-hybridized carbons (Fsp3) is 0.556. The summed E-state index contributed by atoms with van der Waals surface area (Å²) in [5.74, 6) is 1.22. The highest BCUT2D eigenvalue weighted by Crippen LogP contribution is 2.30. The van der Waals surface area contributed by atoms with Crippen molar-refractivity contribution < 1.29 is 14.3 Å². The van der Waals surface area contributed by atoms with E-state index in [1.165, 1.54) is 6.42 Å². The molecule has 1 aromatic rings. The molecule has 1 aliphatic rings. The van der Waals surface area contributed by atoms with Crippen molar-refractivity contribution in [2.45, 2.75) is 44.6 Å². The normalized spacial score (nSPS) is 14.5. The molecule has 2 amide bonds. The van der Waals surface area contributed by atoms with Crippen LogP contribution < -0.4 is 14.8 Å². The number of carbonyl (C=O) groups excluding carboxylic acids is 1. The molecule has 6 nitrogen and oxygen atoms in total. The van der Waals surface area contributed by atoms with E-state index in [0.717, 1.165) is 25.7 Å². The van der Waals surface area contributed by atoms with E-state index in [9.17, 15) is 4.79 Å². The van der Waals surface area contributed by atoms with Crippen molar-refractivity contribution in [2.24, 2.45) is 0 Å². The van der Waals surface area contributed by atoms with Crippen LogP contribution in [0.2, 0.25) is 0 Å². The molecule has 1 N–H and O–H groups in total. The van der Waals surface area contributed by atoms with Gasteiger partial charge in [0.15, 0.2) is 0 Å². The molecule has 0 saturated heterocycles. The van der Waals surface area contributed by atoms with Crippen LogP contribution >= 0.6 is 0 Å². The summed E-state index contributed by atoms with van der Waals surface area (Å²) in [5, 5.41) is 11.8.